The first-order chi connectivity index (χ1) is 10.3. The maximum Gasteiger partial charge on any atom is 0.183 e. The number of para-hydroxylation sites is 1. The number of rotatable bonds is 6. The van der Waals surface area contributed by atoms with Gasteiger partial charge in [0.15, 0.2) is 5.65 Å². The number of ether oxygens (including phenoxy) is 1. The van der Waals surface area contributed by atoms with Crippen LogP contribution in [0.15, 0.2) is 24.3 Å². The number of nitrogens with zero attached hydrogens (tertiary/aromatic N) is 2. The number of pyridine rings is 1. The molecule has 5 nitrogen and oxygen atoms in total. The number of H-pyrrole nitrogens is 1. The van der Waals surface area contributed by atoms with Gasteiger partial charge in [0, 0.05) is 30.8 Å². The van der Waals surface area contributed by atoms with Crippen LogP contribution in [0.5, 0.6) is 0 Å². The Bertz CT molecular complexity index is 756. The molecular formula is C16H21ClN4O. The highest BCUT2D eigenvalue weighted by Gasteiger charge is 2.12. The van der Waals surface area contributed by atoms with Crippen LogP contribution in [0.25, 0.3) is 21.9 Å². The van der Waals surface area contributed by atoms with Crippen molar-refractivity contribution < 1.29 is 4.74 Å². The Balaban J connectivity index is 0.00000176. The van der Waals surface area contributed by atoms with E-state index in [1.807, 2.05) is 32.0 Å². The number of halogens is 1. The van der Waals surface area contributed by atoms with E-state index in [-0.39, 0.29) is 12.4 Å². The molecule has 2 aromatic heterocycles. The standard InChI is InChI=1S/C16H20N4O.ClH/c1-3-21-10-6-9-17-15-12-7-4-5-8-13(12)18-16-14(15)11(2)19-20-16;/h4-5,7-8H,3,6,9-10H2,1-2H3,(H2,17,18,19,20);1H. The molecule has 2 N–H and O–H groups in total. The zero-order valence-electron chi connectivity index (χ0n) is 12.8. The molecule has 0 atom stereocenters. The monoisotopic (exact) mass is 320 g/mol. The SMILES string of the molecule is CCOCCCNc1c2ccccc2nc2n[nH]c(C)c12.Cl. The topological polar surface area (TPSA) is 62.8 Å². The van der Waals surface area contributed by atoms with Crippen LogP contribution in [0.3, 0.4) is 0 Å². The summed E-state index contributed by atoms with van der Waals surface area (Å²) in [5.74, 6) is 0. The van der Waals surface area contributed by atoms with E-state index in [1.165, 1.54) is 0 Å². The van der Waals surface area contributed by atoms with Gasteiger partial charge in [-0.05, 0) is 26.3 Å². The molecule has 0 bridgehead atoms. The predicted molar refractivity (Wildman–Crippen MR) is 93.0 cm³/mol. The van der Waals surface area contributed by atoms with E-state index in [0.29, 0.717) is 0 Å². The summed E-state index contributed by atoms with van der Waals surface area (Å²) in [5, 5.41) is 13.1. The number of hydrogen-bond donors (Lipinski definition) is 2. The van der Waals surface area contributed by atoms with E-state index in [2.05, 4.69) is 26.6 Å². The lowest BCUT2D eigenvalue weighted by atomic mass is 10.1. The lowest BCUT2D eigenvalue weighted by Crippen LogP contribution is -2.07. The molecule has 0 fully saturated rings. The molecule has 118 valence electrons. The highest BCUT2D eigenvalue weighted by Crippen LogP contribution is 2.31. The lowest BCUT2D eigenvalue weighted by Gasteiger charge is -2.11. The summed E-state index contributed by atoms with van der Waals surface area (Å²) in [6.07, 6.45) is 0.975. The summed E-state index contributed by atoms with van der Waals surface area (Å²) >= 11 is 0. The largest absolute Gasteiger partial charge is 0.384 e. The molecule has 0 aliphatic heterocycles. The second kappa shape index (κ2) is 7.42. The number of nitrogens with one attached hydrogen (secondary N) is 2. The summed E-state index contributed by atoms with van der Waals surface area (Å²) in [6, 6.07) is 8.15. The lowest BCUT2D eigenvalue weighted by molar-refractivity contribution is 0.147. The van der Waals surface area contributed by atoms with Crippen molar-refractivity contribution in [2.75, 3.05) is 25.1 Å². The van der Waals surface area contributed by atoms with Crippen molar-refractivity contribution in [1.29, 1.82) is 0 Å². The van der Waals surface area contributed by atoms with Crippen LogP contribution in [-0.4, -0.2) is 34.9 Å². The van der Waals surface area contributed by atoms with Crippen molar-refractivity contribution >= 4 is 40.0 Å². The summed E-state index contributed by atoms with van der Waals surface area (Å²) in [4.78, 5) is 4.61. The number of fused-ring (bicyclic) bond motifs is 2. The fraction of sp³-hybridized carbons (Fsp3) is 0.375. The summed E-state index contributed by atoms with van der Waals surface area (Å²) in [5.41, 5.74) is 3.87. The highest BCUT2D eigenvalue weighted by atomic mass is 35.5. The molecule has 0 spiro atoms. The highest BCUT2D eigenvalue weighted by molar-refractivity contribution is 6.07. The van der Waals surface area contributed by atoms with E-state index >= 15 is 0 Å². The second-order valence-corrected chi connectivity index (χ2v) is 5.03. The Labute approximate surface area is 135 Å². The molecule has 0 radical (unpaired) electrons. The van der Waals surface area contributed by atoms with Crippen LogP contribution in [0.4, 0.5) is 5.69 Å². The minimum atomic E-state index is 0. The van der Waals surface area contributed by atoms with E-state index in [0.717, 1.165) is 59.5 Å². The summed E-state index contributed by atoms with van der Waals surface area (Å²) in [6.45, 7) is 6.45. The van der Waals surface area contributed by atoms with E-state index in [9.17, 15) is 0 Å². The van der Waals surface area contributed by atoms with Crippen molar-refractivity contribution in [2.45, 2.75) is 20.3 Å². The maximum atomic E-state index is 5.38. The molecule has 0 saturated carbocycles. The molecule has 0 unspecified atom stereocenters. The predicted octanol–water partition coefficient (Wildman–Crippen LogP) is 3.68. The van der Waals surface area contributed by atoms with E-state index in [1.54, 1.807) is 0 Å². The minimum Gasteiger partial charge on any atom is -0.384 e. The molecule has 3 aromatic rings. The first kappa shape index (κ1) is 16.5. The van der Waals surface area contributed by atoms with Crippen LogP contribution in [0.1, 0.15) is 19.0 Å². The zero-order chi connectivity index (χ0) is 14.7. The Morgan fingerprint density at radius 2 is 2.09 bits per heavy atom. The van der Waals surface area contributed by atoms with Gasteiger partial charge in [-0.3, -0.25) is 5.10 Å². The first-order valence-electron chi connectivity index (χ1n) is 7.36. The molecule has 2 heterocycles. The number of anilines is 1. The molecule has 3 rings (SSSR count). The second-order valence-electron chi connectivity index (χ2n) is 5.03. The minimum absolute atomic E-state index is 0. The van der Waals surface area contributed by atoms with Crippen LogP contribution >= 0.6 is 12.4 Å². The number of hydrogen-bond acceptors (Lipinski definition) is 4. The summed E-state index contributed by atoms with van der Waals surface area (Å²) in [7, 11) is 0. The molecule has 0 saturated heterocycles. The average molecular weight is 321 g/mol. The maximum absolute atomic E-state index is 5.38. The molecular weight excluding hydrogens is 300 g/mol. The molecule has 1 aromatic carbocycles. The third kappa shape index (κ3) is 3.15. The van der Waals surface area contributed by atoms with Gasteiger partial charge < -0.3 is 10.1 Å². The van der Waals surface area contributed by atoms with E-state index < -0.39 is 0 Å². The van der Waals surface area contributed by atoms with E-state index in [4.69, 9.17) is 4.74 Å². The van der Waals surface area contributed by atoms with Gasteiger partial charge >= 0.3 is 0 Å². The van der Waals surface area contributed by atoms with Crippen molar-refractivity contribution in [1.82, 2.24) is 15.2 Å². The van der Waals surface area contributed by atoms with Gasteiger partial charge in [-0.2, -0.15) is 5.10 Å². The van der Waals surface area contributed by atoms with Crippen molar-refractivity contribution in [2.24, 2.45) is 0 Å². The van der Waals surface area contributed by atoms with Crippen molar-refractivity contribution in [3.8, 4) is 0 Å². The Morgan fingerprint density at radius 1 is 1.27 bits per heavy atom. The third-order valence-electron chi connectivity index (χ3n) is 3.55. The van der Waals surface area contributed by atoms with Gasteiger partial charge in [0.1, 0.15) is 0 Å². The zero-order valence-corrected chi connectivity index (χ0v) is 13.7. The Hall–Kier alpha value is -1.85. The fourth-order valence-electron chi connectivity index (χ4n) is 2.54. The van der Waals surface area contributed by atoms with Crippen molar-refractivity contribution in [3.05, 3.63) is 30.0 Å². The quantitative estimate of drug-likeness (QED) is 0.680. The Morgan fingerprint density at radius 3 is 2.91 bits per heavy atom. The fourth-order valence-corrected chi connectivity index (χ4v) is 2.54. The number of benzene rings is 1. The number of aryl methyl sites for hydroxylation is 1. The number of aromatic nitrogens is 3. The van der Waals surface area contributed by atoms with Gasteiger partial charge in [0.25, 0.3) is 0 Å². The van der Waals surface area contributed by atoms with Crippen LogP contribution in [-0.2, 0) is 4.74 Å². The van der Waals surface area contributed by atoms with Gasteiger partial charge in [0.05, 0.1) is 16.6 Å². The third-order valence-corrected chi connectivity index (χ3v) is 3.55. The van der Waals surface area contributed by atoms with Gasteiger partial charge in [-0.15, -0.1) is 12.4 Å². The van der Waals surface area contributed by atoms with Crippen LogP contribution < -0.4 is 5.32 Å². The Kier molecular flexibility index (Phi) is 5.57. The van der Waals surface area contributed by atoms with Crippen molar-refractivity contribution in [3.63, 3.8) is 0 Å². The van der Waals surface area contributed by atoms with Crippen LogP contribution in [0, 0.1) is 6.92 Å². The van der Waals surface area contributed by atoms with Crippen LogP contribution in [0.2, 0.25) is 0 Å². The first-order valence-corrected chi connectivity index (χ1v) is 7.36. The molecule has 6 heteroatoms. The normalized spacial score (nSPS) is 10.8. The number of aromatic amines is 1. The van der Waals surface area contributed by atoms with Gasteiger partial charge in [-0.25, -0.2) is 4.98 Å². The molecule has 0 amide bonds. The molecule has 22 heavy (non-hydrogen) atoms. The summed E-state index contributed by atoms with van der Waals surface area (Å²) < 4.78 is 5.38. The molecule has 0 aliphatic carbocycles. The van der Waals surface area contributed by atoms with Gasteiger partial charge in [0.2, 0.25) is 0 Å². The smallest absolute Gasteiger partial charge is 0.183 e. The molecule has 0 aliphatic rings. The average Bonchev–Trinajstić information content (AvgIpc) is 2.87. The van der Waals surface area contributed by atoms with Gasteiger partial charge in [-0.1, -0.05) is 18.2 Å².